The van der Waals surface area contributed by atoms with Crippen LogP contribution in [0.4, 0.5) is 0 Å². The van der Waals surface area contributed by atoms with Gasteiger partial charge in [-0.05, 0) is 0 Å². The first-order valence-corrected chi connectivity index (χ1v) is 3.28. The SMILES string of the molecule is O=C(O)C[C@@H]1C(=O)N[C@@H]1CO. The second-order valence-electron chi connectivity index (χ2n) is 2.50. The Labute approximate surface area is 63.0 Å². The van der Waals surface area contributed by atoms with E-state index in [0.717, 1.165) is 0 Å². The highest BCUT2D eigenvalue weighted by atomic mass is 16.4. The number of aliphatic carboxylic acids is 1. The van der Waals surface area contributed by atoms with Gasteiger partial charge in [0.1, 0.15) is 0 Å². The van der Waals surface area contributed by atoms with E-state index in [0.29, 0.717) is 0 Å². The lowest BCUT2D eigenvalue weighted by Gasteiger charge is -2.34. The predicted octanol–water partition coefficient (Wildman–Crippen LogP) is -1.43. The van der Waals surface area contributed by atoms with Gasteiger partial charge in [0.25, 0.3) is 0 Å². The fraction of sp³-hybridized carbons (Fsp3) is 0.667. The zero-order valence-electron chi connectivity index (χ0n) is 5.78. The van der Waals surface area contributed by atoms with E-state index < -0.39 is 11.9 Å². The fourth-order valence-corrected chi connectivity index (χ4v) is 1.07. The van der Waals surface area contributed by atoms with Crippen LogP contribution in [0.1, 0.15) is 6.42 Å². The first-order chi connectivity index (χ1) is 5.15. The number of aliphatic hydroxyl groups excluding tert-OH is 1. The molecule has 3 N–H and O–H groups in total. The first-order valence-electron chi connectivity index (χ1n) is 3.28. The van der Waals surface area contributed by atoms with Crippen LogP contribution in [0, 0.1) is 5.92 Å². The van der Waals surface area contributed by atoms with Crippen molar-refractivity contribution in [2.75, 3.05) is 6.61 Å². The summed E-state index contributed by atoms with van der Waals surface area (Å²) in [5.74, 6) is -1.84. The molecule has 1 fully saturated rings. The van der Waals surface area contributed by atoms with E-state index in [1.165, 1.54) is 0 Å². The molecule has 1 heterocycles. The minimum atomic E-state index is -1.01. The van der Waals surface area contributed by atoms with Crippen molar-refractivity contribution in [3.05, 3.63) is 0 Å². The molecule has 0 aromatic heterocycles. The van der Waals surface area contributed by atoms with E-state index in [1.807, 2.05) is 0 Å². The molecular weight excluding hydrogens is 150 g/mol. The average molecular weight is 159 g/mol. The standard InChI is InChI=1S/C6H9NO4/c8-2-4-3(1-5(9)10)6(11)7-4/h3-4,8H,1-2H2,(H,7,11)(H,9,10)/t3-,4+/m0/s1. The van der Waals surface area contributed by atoms with Crippen molar-refractivity contribution in [1.29, 1.82) is 0 Å². The number of hydrogen-bond acceptors (Lipinski definition) is 3. The Morgan fingerprint density at radius 3 is 2.64 bits per heavy atom. The minimum Gasteiger partial charge on any atom is -0.481 e. The van der Waals surface area contributed by atoms with Gasteiger partial charge in [-0.2, -0.15) is 0 Å². The molecule has 5 heteroatoms. The number of carboxylic acids is 1. The summed E-state index contributed by atoms with van der Waals surface area (Å²) in [7, 11) is 0. The van der Waals surface area contributed by atoms with Gasteiger partial charge in [0, 0.05) is 0 Å². The number of nitrogens with one attached hydrogen (secondary N) is 1. The van der Waals surface area contributed by atoms with Gasteiger partial charge >= 0.3 is 5.97 Å². The first kappa shape index (κ1) is 8.00. The highest BCUT2D eigenvalue weighted by molar-refractivity contribution is 5.89. The molecule has 0 bridgehead atoms. The summed E-state index contributed by atoms with van der Waals surface area (Å²) < 4.78 is 0. The Morgan fingerprint density at radius 1 is 1.64 bits per heavy atom. The molecule has 62 valence electrons. The molecule has 1 aliphatic rings. The van der Waals surface area contributed by atoms with Crippen molar-refractivity contribution in [2.24, 2.45) is 5.92 Å². The van der Waals surface area contributed by atoms with E-state index >= 15 is 0 Å². The van der Waals surface area contributed by atoms with Gasteiger partial charge in [0.15, 0.2) is 0 Å². The van der Waals surface area contributed by atoms with Crippen molar-refractivity contribution in [3.8, 4) is 0 Å². The lowest BCUT2D eigenvalue weighted by molar-refractivity contribution is -0.147. The topological polar surface area (TPSA) is 86.6 Å². The Bertz CT molecular complexity index is 191. The normalized spacial score (nSPS) is 29.0. The molecule has 0 radical (unpaired) electrons. The summed E-state index contributed by atoms with van der Waals surface area (Å²) >= 11 is 0. The number of aliphatic hydroxyl groups is 1. The van der Waals surface area contributed by atoms with Crippen LogP contribution in [0.5, 0.6) is 0 Å². The number of carboxylic acid groups (broad SMARTS) is 1. The molecule has 2 atom stereocenters. The van der Waals surface area contributed by atoms with Crippen molar-refractivity contribution in [1.82, 2.24) is 5.32 Å². The molecule has 5 nitrogen and oxygen atoms in total. The van der Waals surface area contributed by atoms with Crippen molar-refractivity contribution in [2.45, 2.75) is 12.5 Å². The predicted molar refractivity (Wildman–Crippen MR) is 34.8 cm³/mol. The van der Waals surface area contributed by atoms with E-state index in [9.17, 15) is 9.59 Å². The van der Waals surface area contributed by atoms with Crippen LogP contribution in [0.15, 0.2) is 0 Å². The summed E-state index contributed by atoms with van der Waals surface area (Å²) in [6, 6.07) is -0.362. The molecule has 0 aromatic carbocycles. The van der Waals surface area contributed by atoms with Crippen LogP contribution < -0.4 is 5.32 Å². The van der Waals surface area contributed by atoms with Crippen LogP contribution in [-0.2, 0) is 9.59 Å². The van der Waals surface area contributed by atoms with Crippen molar-refractivity contribution < 1.29 is 19.8 Å². The summed E-state index contributed by atoms with van der Waals surface area (Å²) in [4.78, 5) is 20.8. The minimum absolute atomic E-state index is 0.191. The number of rotatable bonds is 3. The molecule has 0 aromatic rings. The van der Waals surface area contributed by atoms with Gasteiger partial charge in [-0.25, -0.2) is 0 Å². The average Bonchev–Trinajstić information content (AvgIpc) is 1.95. The molecule has 1 aliphatic heterocycles. The molecule has 0 spiro atoms. The zero-order chi connectivity index (χ0) is 8.43. The van der Waals surface area contributed by atoms with Crippen molar-refractivity contribution in [3.63, 3.8) is 0 Å². The van der Waals surface area contributed by atoms with Gasteiger partial charge in [0.05, 0.1) is 25.0 Å². The molecule has 0 unspecified atom stereocenters. The maximum Gasteiger partial charge on any atom is 0.304 e. The second kappa shape index (κ2) is 2.87. The Morgan fingerprint density at radius 2 is 2.27 bits per heavy atom. The molecule has 11 heavy (non-hydrogen) atoms. The van der Waals surface area contributed by atoms with Gasteiger partial charge in [-0.1, -0.05) is 0 Å². The van der Waals surface area contributed by atoms with Crippen LogP contribution in [0.25, 0.3) is 0 Å². The van der Waals surface area contributed by atoms with Gasteiger partial charge in [-0.15, -0.1) is 0 Å². The summed E-state index contributed by atoms with van der Waals surface area (Å²) in [5.41, 5.74) is 0. The third-order valence-corrected chi connectivity index (χ3v) is 1.74. The smallest absolute Gasteiger partial charge is 0.304 e. The summed E-state index contributed by atoms with van der Waals surface area (Å²) in [5, 5.41) is 19.3. The largest absolute Gasteiger partial charge is 0.481 e. The number of β-lactam (4-membered cyclic amide) rings is 1. The second-order valence-corrected chi connectivity index (χ2v) is 2.50. The molecule has 0 aliphatic carbocycles. The quantitative estimate of drug-likeness (QED) is 0.440. The highest BCUT2D eigenvalue weighted by Gasteiger charge is 2.39. The van der Waals surface area contributed by atoms with Crippen molar-refractivity contribution >= 4 is 11.9 Å². The molecular formula is C6H9NO4. The molecule has 0 saturated carbocycles. The lowest BCUT2D eigenvalue weighted by Crippen LogP contribution is -2.60. The maximum absolute atomic E-state index is 10.6. The third kappa shape index (κ3) is 1.48. The Hall–Kier alpha value is -1.10. The highest BCUT2D eigenvalue weighted by Crippen LogP contribution is 2.17. The fourth-order valence-electron chi connectivity index (χ4n) is 1.07. The van der Waals surface area contributed by atoms with Gasteiger partial charge in [0.2, 0.25) is 5.91 Å². The molecule has 1 saturated heterocycles. The van der Waals surface area contributed by atoms with Crippen LogP contribution in [0.3, 0.4) is 0 Å². The van der Waals surface area contributed by atoms with Crippen LogP contribution in [-0.4, -0.2) is 34.7 Å². The van der Waals surface area contributed by atoms with E-state index in [2.05, 4.69) is 5.32 Å². The third-order valence-electron chi connectivity index (χ3n) is 1.74. The molecule has 1 rings (SSSR count). The number of amides is 1. The number of hydrogen-bond donors (Lipinski definition) is 3. The van der Waals surface area contributed by atoms with E-state index in [-0.39, 0.29) is 25.0 Å². The van der Waals surface area contributed by atoms with Crippen LogP contribution >= 0.6 is 0 Å². The monoisotopic (exact) mass is 159 g/mol. The van der Waals surface area contributed by atoms with Crippen LogP contribution in [0.2, 0.25) is 0 Å². The maximum atomic E-state index is 10.6. The van der Waals surface area contributed by atoms with Gasteiger partial charge in [-0.3, -0.25) is 9.59 Å². The van der Waals surface area contributed by atoms with E-state index in [4.69, 9.17) is 10.2 Å². The molecule has 1 amide bonds. The summed E-state index contributed by atoms with van der Waals surface area (Å²) in [6.45, 7) is -0.191. The zero-order valence-corrected chi connectivity index (χ0v) is 5.78. The Balaban J connectivity index is 2.42. The van der Waals surface area contributed by atoms with Gasteiger partial charge < -0.3 is 15.5 Å². The van der Waals surface area contributed by atoms with E-state index in [1.54, 1.807) is 0 Å². The lowest BCUT2D eigenvalue weighted by atomic mass is 9.88. The Kier molecular flexibility index (Phi) is 2.09. The number of carbonyl (C=O) groups is 2. The number of carbonyl (C=O) groups excluding carboxylic acids is 1. The summed E-state index contributed by atoms with van der Waals surface area (Å²) in [6.07, 6.45) is -0.197.